The highest BCUT2D eigenvalue weighted by Crippen LogP contribution is 2.14. The molecule has 1 amide bonds. The molecule has 112 valence electrons. The Labute approximate surface area is 128 Å². The van der Waals surface area contributed by atoms with Gasteiger partial charge in [0.25, 0.3) is 11.5 Å². The minimum atomic E-state index is -0.250. The quantitative estimate of drug-likeness (QED) is 0.853. The molecular weight excluding hydrogens is 286 g/mol. The van der Waals surface area contributed by atoms with Crippen molar-refractivity contribution in [1.82, 2.24) is 14.9 Å². The van der Waals surface area contributed by atoms with Crippen LogP contribution in [-0.2, 0) is 0 Å². The van der Waals surface area contributed by atoms with Gasteiger partial charge in [-0.05, 0) is 43.8 Å². The molecule has 2 N–H and O–H groups in total. The van der Waals surface area contributed by atoms with Crippen LogP contribution in [0.3, 0.4) is 0 Å². The Hall–Kier alpha value is -1.95. The van der Waals surface area contributed by atoms with Crippen molar-refractivity contribution in [3.8, 4) is 0 Å². The molecule has 2 aromatic rings. The van der Waals surface area contributed by atoms with E-state index in [1.54, 1.807) is 30.1 Å². The lowest BCUT2D eigenvalue weighted by molar-refractivity contribution is 0.0737. The highest BCUT2D eigenvalue weighted by molar-refractivity contribution is 7.71. The fraction of sp³-hybridized carbons (Fsp3) is 0.400. The summed E-state index contributed by atoms with van der Waals surface area (Å²) in [6.45, 7) is 4.12. The highest BCUT2D eigenvalue weighted by atomic mass is 32.1. The summed E-state index contributed by atoms with van der Waals surface area (Å²) in [5.41, 5.74) is 0.871. The summed E-state index contributed by atoms with van der Waals surface area (Å²) in [6.07, 6.45) is 1.98. The number of nitrogens with one attached hydrogen (secondary N) is 2. The Morgan fingerprint density at radius 3 is 2.76 bits per heavy atom. The Balaban J connectivity index is 2.41. The molecule has 1 heterocycles. The average Bonchev–Trinajstić information content (AvgIpc) is 2.45. The topological polar surface area (TPSA) is 69.0 Å². The summed E-state index contributed by atoms with van der Waals surface area (Å²) < 4.78 is 0.254. The van der Waals surface area contributed by atoms with Crippen LogP contribution in [0.1, 0.15) is 37.0 Å². The molecule has 0 fully saturated rings. The van der Waals surface area contributed by atoms with Crippen LogP contribution in [0, 0.1) is 4.77 Å². The Morgan fingerprint density at radius 1 is 1.38 bits per heavy atom. The lowest BCUT2D eigenvalue weighted by atomic mass is 10.1. The van der Waals surface area contributed by atoms with Gasteiger partial charge in [-0.2, -0.15) is 0 Å². The first-order chi connectivity index (χ1) is 9.93. The van der Waals surface area contributed by atoms with Gasteiger partial charge in [-0.3, -0.25) is 14.6 Å². The minimum Gasteiger partial charge on any atom is -0.339 e. The number of fused-ring (bicyclic) bond motifs is 1. The molecular formula is C15H19N3O2S. The second-order valence-electron chi connectivity index (χ2n) is 5.22. The standard InChI is InChI=1S/C15H19N3O2S/c1-4-5-9(2)18(3)14(20)10-6-7-11-12(8-10)16-15(21)17-13(11)19/h6-9H,4-5H2,1-3H3,(H2,16,17,19,21)/t9-/m0/s1. The highest BCUT2D eigenvalue weighted by Gasteiger charge is 2.17. The molecule has 0 aliphatic rings. The zero-order valence-electron chi connectivity index (χ0n) is 12.4. The smallest absolute Gasteiger partial charge is 0.259 e. The number of nitrogens with zero attached hydrogens (tertiary/aromatic N) is 1. The average molecular weight is 305 g/mol. The Kier molecular flexibility index (Phi) is 4.57. The van der Waals surface area contributed by atoms with Gasteiger partial charge in [0.2, 0.25) is 0 Å². The number of carbonyl (C=O) groups excluding carboxylic acids is 1. The van der Waals surface area contributed by atoms with Crippen LogP contribution in [0.2, 0.25) is 0 Å². The van der Waals surface area contributed by atoms with E-state index < -0.39 is 0 Å². The van der Waals surface area contributed by atoms with Gasteiger partial charge in [0.05, 0.1) is 10.9 Å². The van der Waals surface area contributed by atoms with Gasteiger partial charge in [0.15, 0.2) is 4.77 Å². The van der Waals surface area contributed by atoms with E-state index in [1.165, 1.54) is 0 Å². The first-order valence-electron chi connectivity index (χ1n) is 6.97. The molecule has 0 aliphatic heterocycles. The fourth-order valence-electron chi connectivity index (χ4n) is 2.32. The van der Waals surface area contributed by atoms with Gasteiger partial charge in [-0.25, -0.2) is 0 Å². The van der Waals surface area contributed by atoms with Crippen LogP contribution in [-0.4, -0.2) is 33.9 Å². The molecule has 0 spiro atoms. The van der Waals surface area contributed by atoms with Crippen LogP contribution in [0.5, 0.6) is 0 Å². The normalized spacial score (nSPS) is 12.3. The number of aromatic nitrogens is 2. The molecule has 0 aliphatic carbocycles. The van der Waals surface area contributed by atoms with Gasteiger partial charge in [0, 0.05) is 18.7 Å². The first kappa shape index (κ1) is 15.4. The van der Waals surface area contributed by atoms with Crippen molar-refractivity contribution >= 4 is 29.0 Å². The maximum atomic E-state index is 12.5. The van der Waals surface area contributed by atoms with E-state index in [2.05, 4.69) is 16.9 Å². The van der Waals surface area contributed by atoms with Crippen molar-refractivity contribution in [3.63, 3.8) is 0 Å². The first-order valence-corrected chi connectivity index (χ1v) is 7.38. The maximum Gasteiger partial charge on any atom is 0.259 e. The number of rotatable bonds is 4. The van der Waals surface area contributed by atoms with Crippen molar-refractivity contribution in [2.45, 2.75) is 32.7 Å². The van der Waals surface area contributed by atoms with E-state index in [0.717, 1.165) is 12.8 Å². The number of hydrogen-bond acceptors (Lipinski definition) is 3. The minimum absolute atomic E-state index is 0.0579. The number of benzene rings is 1. The number of carbonyl (C=O) groups is 1. The summed E-state index contributed by atoms with van der Waals surface area (Å²) in [4.78, 5) is 31.4. The van der Waals surface area contributed by atoms with Crippen LogP contribution < -0.4 is 5.56 Å². The lowest BCUT2D eigenvalue weighted by Gasteiger charge is -2.24. The van der Waals surface area contributed by atoms with Crippen molar-refractivity contribution in [2.24, 2.45) is 0 Å². The van der Waals surface area contributed by atoms with Crippen LogP contribution >= 0.6 is 12.2 Å². The third kappa shape index (κ3) is 3.21. The molecule has 1 aromatic carbocycles. The monoisotopic (exact) mass is 305 g/mol. The molecule has 0 unspecified atom stereocenters. The summed E-state index contributed by atoms with van der Waals surface area (Å²) in [6, 6.07) is 5.17. The van der Waals surface area contributed by atoms with Crippen LogP contribution in [0.15, 0.2) is 23.0 Å². The van der Waals surface area contributed by atoms with Crippen molar-refractivity contribution in [1.29, 1.82) is 0 Å². The molecule has 1 atom stereocenters. The van der Waals surface area contributed by atoms with Gasteiger partial charge in [-0.1, -0.05) is 13.3 Å². The van der Waals surface area contributed by atoms with E-state index in [4.69, 9.17) is 12.2 Å². The number of hydrogen-bond donors (Lipinski definition) is 2. The molecule has 0 saturated heterocycles. The molecule has 0 bridgehead atoms. The van der Waals surface area contributed by atoms with Gasteiger partial charge in [-0.15, -0.1) is 0 Å². The summed E-state index contributed by atoms with van der Waals surface area (Å²) in [5.74, 6) is -0.0579. The molecule has 21 heavy (non-hydrogen) atoms. The molecule has 5 nitrogen and oxygen atoms in total. The number of amides is 1. The van der Waals surface area contributed by atoms with E-state index in [-0.39, 0.29) is 22.3 Å². The molecule has 6 heteroatoms. The summed E-state index contributed by atoms with van der Waals surface area (Å²) in [7, 11) is 1.80. The maximum absolute atomic E-state index is 12.5. The van der Waals surface area contributed by atoms with E-state index in [9.17, 15) is 9.59 Å². The second kappa shape index (κ2) is 6.22. The predicted molar refractivity (Wildman–Crippen MR) is 86.2 cm³/mol. The summed E-state index contributed by atoms with van der Waals surface area (Å²) in [5, 5.41) is 0.490. The summed E-state index contributed by atoms with van der Waals surface area (Å²) >= 11 is 4.96. The van der Waals surface area contributed by atoms with Gasteiger partial charge >= 0.3 is 0 Å². The predicted octanol–water partition coefficient (Wildman–Crippen LogP) is 2.85. The Morgan fingerprint density at radius 2 is 2.10 bits per heavy atom. The van der Waals surface area contributed by atoms with Crippen molar-refractivity contribution < 1.29 is 4.79 Å². The van der Waals surface area contributed by atoms with E-state index in [0.29, 0.717) is 16.5 Å². The lowest BCUT2D eigenvalue weighted by Crippen LogP contribution is -2.35. The van der Waals surface area contributed by atoms with Crippen LogP contribution in [0.4, 0.5) is 0 Å². The zero-order chi connectivity index (χ0) is 15.6. The third-order valence-electron chi connectivity index (χ3n) is 3.67. The second-order valence-corrected chi connectivity index (χ2v) is 5.63. The van der Waals surface area contributed by atoms with Crippen molar-refractivity contribution in [2.75, 3.05) is 7.05 Å². The van der Waals surface area contributed by atoms with Gasteiger partial charge in [0.1, 0.15) is 0 Å². The van der Waals surface area contributed by atoms with Crippen LogP contribution in [0.25, 0.3) is 10.9 Å². The SMILES string of the molecule is CCC[C@H](C)N(C)C(=O)c1ccc2c(=O)[nH]c(=S)[nH]c2c1. The number of H-pyrrole nitrogens is 2. The Bertz CT molecular complexity index is 778. The largest absolute Gasteiger partial charge is 0.339 e. The molecule has 2 rings (SSSR count). The zero-order valence-corrected chi connectivity index (χ0v) is 13.2. The molecule has 1 aromatic heterocycles. The van der Waals surface area contributed by atoms with Crippen molar-refractivity contribution in [3.05, 3.63) is 38.9 Å². The molecule has 0 radical (unpaired) electrons. The third-order valence-corrected chi connectivity index (χ3v) is 3.88. The number of aromatic amines is 2. The van der Waals surface area contributed by atoms with E-state index in [1.807, 2.05) is 6.92 Å². The van der Waals surface area contributed by atoms with E-state index >= 15 is 0 Å². The molecule has 0 saturated carbocycles. The fourth-order valence-corrected chi connectivity index (χ4v) is 2.52. The van der Waals surface area contributed by atoms with Gasteiger partial charge < -0.3 is 9.88 Å².